The Morgan fingerprint density at radius 1 is 1.26 bits per heavy atom. The van der Waals surface area contributed by atoms with Crippen LogP contribution in [0.5, 0.6) is 5.75 Å². The van der Waals surface area contributed by atoms with Gasteiger partial charge in [-0.15, -0.1) is 0 Å². The van der Waals surface area contributed by atoms with Gasteiger partial charge in [0.1, 0.15) is 29.1 Å². The summed E-state index contributed by atoms with van der Waals surface area (Å²) < 4.78 is 16.6. The molecule has 2 aliphatic rings. The number of hydrogen-bond donors (Lipinski definition) is 0. The van der Waals surface area contributed by atoms with E-state index in [0.29, 0.717) is 11.3 Å². The van der Waals surface area contributed by atoms with Gasteiger partial charge in [-0.2, -0.15) is 5.26 Å². The molecule has 1 unspecified atom stereocenters. The Bertz CT molecular complexity index is 822. The van der Waals surface area contributed by atoms with Gasteiger partial charge in [-0.3, -0.25) is 4.98 Å². The van der Waals surface area contributed by atoms with Crippen molar-refractivity contribution in [1.82, 2.24) is 14.8 Å². The zero-order chi connectivity index (χ0) is 22.6. The number of methoxy groups -OCH3 is 2. The van der Waals surface area contributed by atoms with Gasteiger partial charge >= 0.3 is 6.09 Å². The number of pyridine rings is 1. The van der Waals surface area contributed by atoms with Crippen LogP contribution in [0.15, 0.2) is 12.3 Å². The smallest absolute Gasteiger partial charge is 0.410 e. The zero-order valence-corrected chi connectivity index (χ0v) is 19.3. The first kappa shape index (κ1) is 23.3. The highest BCUT2D eigenvalue weighted by molar-refractivity contribution is 5.68. The lowest BCUT2D eigenvalue weighted by Gasteiger charge is -2.40. The topological polar surface area (TPSA) is 87.9 Å². The molecule has 170 valence electrons. The van der Waals surface area contributed by atoms with Crippen molar-refractivity contribution in [3.8, 4) is 11.8 Å². The molecule has 0 aliphatic carbocycles. The van der Waals surface area contributed by atoms with E-state index in [1.165, 1.54) is 6.20 Å². The highest BCUT2D eigenvalue weighted by Crippen LogP contribution is 2.41. The number of rotatable bonds is 5. The van der Waals surface area contributed by atoms with Gasteiger partial charge in [-0.05, 0) is 58.5 Å². The predicted octanol–water partition coefficient (Wildman–Crippen LogP) is 3.37. The highest BCUT2D eigenvalue weighted by atomic mass is 16.6. The van der Waals surface area contributed by atoms with Crippen molar-refractivity contribution in [3.05, 3.63) is 23.5 Å². The first-order chi connectivity index (χ1) is 14.7. The number of piperidine rings is 1. The summed E-state index contributed by atoms with van der Waals surface area (Å²) in [6.45, 7) is 9.89. The van der Waals surface area contributed by atoms with E-state index in [2.05, 4.69) is 16.0 Å². The van der Waals surface area contributed by atoms with Crippen LogP contribution in [0.3, 0.4) is 0 Å². The monoisotopic (exact) mass is 430 g/mol. The van der Waals surface area contributed by atoms with Crippen LogP contribution in [0.25, 0.3) is 0 Å². The molecule has 2 saturated heterocycles. The van der Waals surface area contributed by atoms with Crippen LogP contribution >= 0.6 is 0 Å². The van der Waals surface area contributed by atoms with Crippen LogP contribution in [0.2, 0.25) is 0 Å². The number of amides is 1. The number of nitrogens with zero attached hydrogens (tertiary/aromatic N) is 4. The number of hydrogen-bond acceptors (Lipinski definition) is 7. The third kappa shape index (κ3) is 5.66. The molecule has 0 radical (unpaired) electrons. The van der Waals surface area contributed by atoms with Crippen molar-refractivity contribution in [1.29, 1.82) is 5.26 Å². The molecule has 1 spiro atoms. The summed E-state index contributed by atoms with van der Waals surface area (Å²) >= 11 is 0. The van der Waals surface area contributed by atoms with E-state index >= 15 is 0 Å². The van der Waals surface area contributed by atoms with Gasteiger partial charge in [-0.1, -0.05) is 0 Å². The molecule has 8 heteroatoms. The Kier molecular flexibility index (Phi) is 7.07. The van der Waals surface area contributed by atoms with Gasteiger partial charge < -0.3 is 24.0 Å². The van der Waals surface area contributed by atoms with Crippen LogP contribution in [-0.2, 0) is 9.47 Å². The number of likely N-dealkylation sites (tertiary alicyclic amines) is 2. The summed E-state index contributed by atoms with van der Waals surface area (Å²) in [5.41, 5.74) is 0.895. The first-order valence-electron chi connectivity index (χ1n) is 10.9. The van der Waals surface area contributed by atoms with E-state index < -0.39 is 5.60 Å². The van der Waals surface area contributed by atoms with E-state index in [0.717, 1.165) is 57.7 Å². The lowest BCUT2D eigenvalue weighted by molar-refractivity contribution is 0.0193. The van der Waals surface area contributed by atoms with Gasteiger partial charge in [-0.25, -0.2) is 4.79 Å². The number of carbonyl (C=O) groups excluding carboxylic acids is 1. The lowest BCUT2D eigenvalue weighted by Crippen LogP contribution is -2.44. The molecule has 1 amide bonds. The van der Waals surface area contributed by atoms with Gasteiger partial charge in [0, 0.05) is 39.0 Å². The number of nitriles is 1. The van der Waals surface area contributed by atoms with E-state index in [9.17, 15) is 4.79 Å². The lowest BCUT2D eigenvalue weighted by atomic mass is 9.77. The largest absolute Gasteiger partial charge is 0.495 e. The van der Waals surface area contributed by atoms with Gasteiger partial charge in [0.25, 0.3) is 0 Å². The molecule has 2 fully saturated rings. The van der Waals surface area contributed by atoms with Crippen LogP contribution in [-0.4, -0.2) is 73.4 Å². The molecule has 0 N–H and O–H groups in total. The molecule has 0 saturated carbocycles. The van der Waals surface area contributed by atoms with Crippen molar-refractivity contribution in [2.45, 2.75) is 51.7 Å². The van der Waals surface area contributed by atoms with Crippen molar-refractivity contribution in [2.75, 3.05) is 46.9 Å². The van der Waals surface area contributed by atoms with Crippen molar-refractivity contribution >= 4 is 6.09 Å². The summed E-state index contributed by atoms with van der Waals surface area (Å²) in [7, 11) is 3.23. The number of carbonyl (C=O) groups is 1. The molecule has 3 rings (SSSR count). The molecular formula is C23H34N4O4. The van der Waals surface area contributed by atoms with Crippen LogP contribution < -0.4 is 4.74 Å². The minimum atomic E-state index is -0.465. The molecule has 1 atom stereocenters. The van der Waals surface area contributed by atoms with E-state index in [1.807, 2.05) is 25.7 Å². The average Bonchev–Trinajstić information content (AvgIpc) is 3.15. The van der Waals surface area contributed by atoms with Gasteiger partial charge in [0.2, 0.25) is 0 Å². The Morgan fingerprint density at radius 3 is 2.52 bits per heavy atom. The van der Waals surface area contributed by atoms with Crippen LogP contribution in [0.4, 0.5) is 4.79 Å². The molecule has 0 bridgehead atoms. The highest BCUT2D eigenvalue weighted by Gasteiger charge is 2.43. The Morgan fingerprint density at radius 2 is 1.94 bits per heavy atom. The van der Waals surface area contributed by atoms with Crippen LogP contribution in [0, 0.1) is 16.7 Å². The van der Waals surface area contributed by atoms with Gasteiger partial charge in [0.05, 0.1) is 12.8 Å². The second-order valence-corrected chi connectivity index (χ2v) is 9.60. The minimum Gasteiger partial charge on any atom is -0.495 e. The molecular weight excluding hydrogens is 396 g/mol. The summed E-state index contributed by atoms with van der Waals surface area (Å²) in [6.07, 6.45) is 4.27. The third-order valence-corrected chi connectivity index (χ3v) is 6.27. The van der Waals surface area contributed by atoms with E-state index in [-0.39, 0.29) is 17.6 Å². The normalized spacial score (nSPS) is 19.8. The SMILES string of the molecule is COc1cc(C(CN2CCC3(CC2)CCN(C(=O)OC(C)(C)C)C3)OC)ncc1C#N. The first-order valence-corrected chi connectivity index (χ1v) is 10.9. The minimum absolute atomic E-state index is 0.186. The van der Waals surface area contributed by atoms with Crippen molar-refractivity contribution in [2.24, 2.45) is 5.41 Å². The Hall–Kier alpha value is -2.37. The fourth-order valence-electron chi connectivity index (χ4n) is 4.44. The second kappa shape index (κ2) is 9.41. The number of ether oxygens (including phenoxy) is 3. The quantitative estimate of drug-likeness (QED) is 0.708. The number of aromatic nitrogens is 1. The standard InChI is InChI=1S/C23H34N4O4/c1-22(2,3)31-21(28)27-11-8-23(16-27)6-9-26(10-7-23)15-20(30-5)18-12-19(29-4)17(13-24)14-25-18/h12,14,20H,6-11,15-16H2,1-5H3. The van der Waals surface area contributed by atoms with E-state index in [4.69, 9.17) is 19.5 Å². The Labute approximate surface area is 185 Å². The Balaban J connectivity index is 1.56. The third-order valence-electron chi connectivity index (χ3n) is 6.27. The van der Waals surface area contributed by atoms with Crippen molar-refractivity contribution in [3.63, 3.8) is 0 Å². The maximum absolute atomic E-state index is 12.4. The molecule has 3 heterocycles. The predicted molar refractivity (Wildman–Crippen MR) is 116 cm³/mol. The second-order valence-electron chi connectivity index (χ2n) is 9.60. The van der Waals surface area contributed by atoms with E-state index in [1.54, 1.807) is 20.3 Å². The maximum Gasteiger partial charge on any atom is 0.410 e. The average molecular weight is 431 g/mol. The zero-order valence-electron chi connectivity index (χ0n) is 19.3. The molecule has 31 heavy (non-hydrogen) atoms. The fourth-order valence-corrected chi connectivity index (χ4v) is 4.44. The molecule has 1 aromatic rings. The fraction of sp³-hybridized carbons (Fsp3) is 0.696. The van der Waals surface area contributed by atoms with Crippen LogP contribution in [0.1, 0.15) is 57.4 Å². The molecule has 8 nitrogen and oxygen atoms in total. The summed E-state index contributed by atoms with van der Waals surface area (Å²) in [5, 5.41) is 9.16. The van der Waals surface area contributed by atoms with Crippen molar-refractivity contribution < 1.29 is 19.0 Å². The molecule has 0 aromatic carbocycles. The summed E-state index contributed by atoms with van der Waals surface area (Å²) in [5.74, 6) is 0.514. The summed E-state index contributed by atoms with van der Waals surface area (Å²) in [4.78, 5) is 21.1. The maximum atomic E-state index is 12.4. The molecule has 2 aliphatic heterocycles. The summed E-state index contributed by atoms with van der Waals surface area (Å²) in [6, 6.07) is 3.87. The van der Waals surface area contributed by atoms with Gasteiger partial charge in [0.15, 0.2) is 0 Å². The molecule has 1 aromatic heterocycles.